The van der Waals surface area contributed by atoms with Crippen LogP contribution in [0.5, 0.6) is 5.75 Å². The fourth-order valence-electron chi connectivity index (χ4n) is 3.81. The fraction of sp³-hybridized carbons (Fsp3) is 0.154. The van der Waals surface area contributed by atoms with E-state index in [4.69, 9.17) is 4.74 Å². The maximum Gasteiger partial charge on any atom is 0.179 e. The smallest absolute Gasteiger partial charge is 0.179 e. The molecule has 0 radical (unpaired) electrons. The monoisotopic (exact) mass is 421 g/mol. The maximum atomic E-state index is 6.05. The van der Waals surface area contributed by atoms with Gasteiger partial charge in [-0.05, 0) is 58.2 Å². The van der Waals surface area contributed by atoms with Crippen LogP contribution in [0.3, 0.4) is 0 Å². The van der Waals surface area contributed by atoms with E-state index in [1.165, 1.54) is 11.1 Å². The van der Waals surface area contributed by atoms with E-state index < -0.39 is 0 Å². The van der Waals surface area contributed by atoms with Gasteiger partial charge in [-0.1, -0.05) is 67.6 Å². The number of hydrogen-bond donors (Lipinski definition) is 1. The fourth-order valence-corrected chi connectivity index (χ4v) is 3.81. The third kappa shape index (κ3) is 4.49. The first kappa shape index (κ1) is 19.9. The highest BCUT2D eigenvalue weighted by atomic mass is 16.5. The van der Waals surface area contributed by atoms with Crippen LogP contribution < -0.4 is 4.74 Å². The third-order valence-electron chi connectivity index (χ3n) is 5.58. The summed E-state index contributed by atoms with van der Waals surface area (Å²) in [5.41, 5.74) is 5.40. The molecule has 1 atom stereocenters. The average Bonchev–Trinajstić information content (AvgIpc) is 3.38. The number of H-pyrrole nitrogens is 1. The molecular weight excluding hydrogens is 398 g/mol. The molecule has 0 aliphatic rings. The lowest BCUT2D eigenvalue weighted by Crippen LogP contribution is -2.01. The number of aromatic amines is 1. The second kappa shape index (κ2) is 8.98. The summed E-state index contributed by atoms with van der Waals surface area (Å²) >= 11 is 0. The van der Waals surface area contributed by atoms with E-state index in [0.29, 0.717) is 18.3 Å². The summed E-state index contributed by atoms with van der Waals surface area (Å²) in [5, 5.41) is 15.1. The van der Waals surface area contributed by atoms with Crippen molar-refractivity contribution in [3.05, 3.63) is 102 Å². The molecule has 0 amide bonds. The Morgan fingerprint density at radius 1 is 0.906 bits per heavy atom. The van der Waals surface area contributed by atoms with E-state index in [9.17, 15) is 0 Å². The number of nitrogens with one attached hydrogen (secondary N) is 1. The van der Waals surface area contributed by atoms with Crippen molar-refractivity contribution in [1.82, 2.24) is 25.6 Å². The molecule has 2 aromatic heterocycles. The standard InChI is InChI=1S/C26H23N5O/c1-18(15-19-9-11-21(12-10-19)26-28-30-31-29-26)22-6-4-7-24(16-22)32-17-23-14-13-20-5-2-3-8-25(20)27-23/h2-14,16,18H,15,17H2,1H3,(H,28,29,30,31). The summed E-state index contributed by atoms with van der Waals surface area (Å²) in [6.07, 6.45) is 0.935. The molecule has 32 heavy (non-hydrogen) atoms. The first-order chi connectivity index (χ1) is 15.7. The van der Waals surface area contributed by atoms with Gasteiger partial charge in [0.25, 0.3) is 0 Å². The van der Waals surface area contributed by atoms with Gasteiger partial charge in [-0.15, -0.1) is 5.10 Å². The molecule has 5 rings (SSSR count). The van der Waals surface area contributed by atoms with Gasteiger partial charge < -0.3 is 4.74 Å². The van der Waals surface area contributed by atoms with Crippen LogP contribution in [0.25, 0.3) is 22.3 Å². The second-order valence-electron chi connectivity index (χ2n) is 7.91. The number of ether oxygens (including phenoxy) is 1. The van der Waals surface area contributed by atoms with Gasteiger partial charge in [-0.3, -0.25) is 0 Å². The Morgan fingerprint density at radius 2 is 1.78 bits per heavy atom. The molecular formula is C26H23N5O. The second-order valence-corrected chi connectivity index (χ2v) is 7.91. The molecule has 0 fully saturated rings. The van der Waals surface area contributed by atoms with Crippen molar-refractivity contribution in [2.24, 2.45) is 0 Å². The van der Waals surface area contributed by atoms with Crippen LogP contribution in [-0.2, 0) is 13.0 Å². The van der Waals surface area contributed by atoms with E-state index in [0.717, 1.165) is 34.3 Å². The summed E-state index contributed by atoms with van der Waals surface area (Å²) in [4.78, 5) is 4.69. The third-order valence-corrected chi connectivity index (χ3v) is 5.58. The number of nitrogens with zero attached hydrogens (tertiary/aromatic N) is 4. The van der Waals surface area contributed by atoms with Gasteiger partial charge in [0.05, 0.1) is 11.2 Å². The van der Waals surface area contributed by atoms with Crippen LogP contribution in [0.2, 0.25) is 0 Å². The SMILES string of the molecule is CC(Cc1ccc(-c2nnn[nH]2)cc1)c1cccc(OCc2ccc3ccccc3n2)c1. The average molecular weight is 422 g/mol. The number of hydrogen-bond acceptors (Lipinski definition) is 5. The van der Waals surface area contributed by atoms with E-state index >= 15 is 0 Å². The number of benzene rings is 3. The van der Waals surface area contributed by atoms with Gasteiger partial charge in [-0.2, -0.15) is 0 Å². The Bertz CT molecular complexity index is 1320. The normalized spacial score (nSPS) is 12.0. The number of tetrazole rings is 1. The number of aromatic nitrogens is 5. The van der Waals surface area contributed by atoms with E-state index in [1.807, 2.05) is 42.5 Å². The molecule has 1 N–H and O–H groups in total. The molecule has 6 heteroatoms. The molecule has 3 aromatic carbocycles. The minimum absolute atomic E-state index is 0.357. The predicted molar refractivity (Wildman–Crippen MR) is 124 cm³/mol. The van der Waals surface area contributed by atoms with Crippen molar-refractivity contribution >= 4 is 10.9 Å². The Labute approximate surface area is 186 Å². The zero-order valence-corrected chi connectivity index (χ0v) is 17.8. The predicted octanol–water partition coefficient (Wildman–Crippen LogP) is 5.34. The Balaban J connectivity index is 1.23. The molecule has 0 bridgehead atoms. The van der Waals surface area contributed by atoms with Gasteiger partial charge in [0.1, 0.15) is 12.4 Å². The molecule has 0 saturated heterocycles. The Kier molecular flexibility index (Phi) is 5.58. The molecule has 0 aliphatic heterocycles. The molecule has 1 unspecified atom stereocenters. The molecule has 5 aromatic rings. The van der Waals surface area contributed by atoms with E-state index in [1.54, 1.807) is 0 Å². The molecule has 6 nitrogen and oxygen atoms in total. The Hall–Kier alpha value is -4.06. The van der Waals surface area contributed by atoms with Crippen LogP contribution in [-0.4, -0.2) is 25.6 Å². The largest absolute Gasteiger partial charge is 0.487 e. The van der Waals surface area contributed by atoms with Crippen LogP contribution in [0.4, 0.5) is 0 Å². The summed E-state index contributed by atoms with van der Waals surface area (Å²) in [6, 6.07) is 28.9. The summed E-state index contributed by atoms with van der Waals surface area (Å²) in [5.74, 6) is 1.89. The number of rotatable bonds is 7. The van der Waals surface area contributed by atoms with Gasteiger partial charge in [0.2, 0.25) is 0 Å². The van der Waals surface area contributed by atoms with Crippen LogP contribution in [0.1, 0.15) is 29.7 Å². The molecule has 0 spiro atoms. The van der Waals surface area contributed by atoms with Crippen molar-refractivity contribution in [2.45, 2.75) is 25.9 Å². The van der Waals surface area contributed by atoms with Gasteiger partial charge in [-0.25, -0.2) is 10.1 Å². The van der Waals surface area contributed by atoms with Crippen LogP contribution >= 0.6 is 0 Å². The Morgan fingerprint density at radius 3 is 2.62 bits per heavy atom. The van der Waals surface area contributed by atoms with Crippen LogP contribution in [0.15, 0.2) is 84.9 Å². The summed E-state index contributed by atoms with van der Waals surface area (Å²) in [6.45, 7) is 2.68. The minimum Gasteiger partial charge on any atom is -0.487 e. The summed E-state index contributed by atoms with van der Waals surface area (Å²) < 4.78 is 6.05. The van der Waals surface area contributed by atoms with Crippen molar-refractivity contribution in [3.8, 4) is 17.1 Å². The summed E-state index contributed by atoms with van der Waals surface area (Å²) in [7, 11) is 0. The van der Waals surface area contributed by atoms with Crippen molar-refractivity contribution in [3.63, 3.8) is 0 Å². The molecule has 0 aliphatic carbocycles. The van der Waals surface area contributed by atoms with Crippen molar-refractivity contribution in [2.75, 3.05) is 0 Å². The molecule has 158 valence electrons. The lowest BCUT2D eigenvalue weighted by Gasteiger charge is -2.14. The first-order valence-electron chi connectivity index (χ1n) is 10.6. The maximum absolute atomic E-state index is 6.05. The van der Waals surface area contributed by atoms with Crippen molar-refractivity contribution < 1.29 is 4.74 Å². The zero-order chi connectivity index (χ0) is 21.8. The van der Waals surface area contributed by atoms with E-state index in [-0.39, 0.29) is 0 Å². The highest BCUT2D eigenvalue weighted by molar-refractivity contribution is 5.78. The molecule has 2 heterocycles. The van der Waals surface area contributed by atoms with Crippen LogP contribution in [0, 0.1) is 0 Å². The number of para-hydroxylation sites is 1. The number of pyridine rings is 1. The zero-order valence-electron chi connectivity index (χ0n) is 17.8. The quantitative estimate of drug-likeness (QED) is 0.384. The highest BCUT2D eigenvalue weighted by Gasteiger charge is 2.10. The minimum atomic E-state index is 0.357. The first-order valence-corrected chi connectivity index (χ1v) is 10.6. The lowest BCUT2D eigenvalue weighted by molar-refractivity contribution is 0.301. The number of fused-ring (bicyclic) bond motifs is 1. The van der Waals surface area contributed by atoms with Gasteiger partial charge >= 0.3 is 0 Å². The molecule has 0 saturated carbocycles. The van der Waals surface area contributed by atoms with Crippen molar-refractivity contribution in [1.29, 1.82) is 0 Å². The van der Waals surface area contributed by atoms with Gasteiger partial charge in [0, 0.05) is 10.9 Å². The van der Waals surface area contributed by atoms with Gasteiger partial charge in [0.15, 0.2) is 5.82 Å². The van der Waals surface area contributed by atoms with E-state index in [2.05, 4.69) is 75.0 Å². The highest BCUT2D eigenvalue weighted by Crippen LogP contribution is 2.25. The topological polar surface area (TPSA) is 76.6 Å². The lowest BCUT2D eigenvalue weighted by atomic mass is 9.93.